The molecule has 7 heteroatoms. The van der Waals surface area contributed by atoms with Gasteiger partial charge >= 0.3 is 0 Å². The highest BCUT2D eigenvalue weighted by Crippen LogP contribution is 2.27. The minimum atomic E-state index is -0.387. The first kappa shape index (κ1) is 18.8. The zero-order valence-electron chi connectivity index (χ0n) is 16.4. The van der Waals surface area contributed by atoms with Gasteiger partial charge in [0.15, 0.2) is 5.82 Å². The molecule has 2 aromatic rings. The highest BCUT2D eigenvalue weighted by Gasteiger charge is 2.27. The number of non-ortho nitro benzene ring substituents is 1. The van der Waals surface area contributed by atoms with Crippen LogP contribution in [0.15, 0.2) is 30.3 Å². The zero-order valence-corrected chi connectivity index (χ0v) is 16.4. The molecule has 148 valence electrons. The molecule has 0 N–H and O–H groups in total. The van der Waals surface area contributed by atoms with Crippen LogP contribution in [0.5, 0.6) is 0 Å². The van der Waals surface area contributed by atoms with Gasteiger partial charge in [-0.25, -0.2) is 9.97 Å². The van der Waals surface area contributed by atoms with Crippen molar-refractivity contribution in [3.8, 4) is 11.4 Å². The van der Waals surface area contributed by atoms with Gasteiger partial charge in [0.1, 0.15) is 5.82 Å². The number of rotatable bonds is 5. The molecule has 1 aromatic heterocycles. The lowest BCUT2D eigenvalue weighted by Gasteiger charge is -2.38. The molecule has 1 saturated carbocycles. The van der Waals surface area contributed by atoms with Gasteiger partial charge in [0.2, 0.25) is 0 Å². The third-order valence-corrected chi connectivity index (χ3v) is 5.94. The van der Waals surface area contributed by atoms with Crippen LogP contribution in [-0.4, -0.2) is 52.0 Å². The Morgan fingerprint density at radius 1 is 1.07 bits per heavy atom. The molecule has 0 radical (unpaired) electrons. The van der Waals surface area contributed by atoms with Crippen molar-refractivity contribution in [1.29, 1.82) is 0 Å². The van der Waals surface area contributed by atoms with E-state index >= 15 is 0 Å². The number of aryl methyl sites for hydroxylation is 1. The molecule has 0 spiro atoms. The first-order chi connectivity index (χ1) is 13.6. The van der Waals surface area contributed by atoms with Crippen LogP contribution in [0, 0.1) is 10.1 Å². The van der Waals surface area contributed by atoms with E-state index in [1.807, 2.05) is 0 Å². The van der Waals surface area contributed by atoms with Crippen LogP contribution >= 0.6 is 0 Å². The number of piperazine rings is 1. The minimum Gasteiger partial charge on any atom is -0.354 e. The van der Waals surface area contributed by atoms with Gasteiger partial charge in [-0.15, -0.1) is 0 Å². The summed E-state index contributed by atoms with van der Waals surface area (Å²) >= 11 is 0. The van der Waals surface area contributed by atoms with Gasteiger partial charge in [0.25, 0.3) is 5.69 Å². The smallest absolute Gasteiger partial charge is 0.269 e. The number of nitro groups is 1. The number of benzene rings is 1. The fraction of sp³-hybridized carbons (Fsp3) is 0.524. The quantitative estimate of drug-likeness (QED) is 0.581. The average Bonchev–Trinajstić information content (AvgIpc) is 3.28. The van der Waals surface area contributed by atoms with E-state index in [0.717, 1.165) is 55.7 Å². The average molecular weight is 381 g/mol. The van der Waals surface area contributed by atoms with E-state index in [0.29, 0.717) is 5.82 Å². The van der Waals surface area contributed by atoms with Crippen molar-refractivity contribution in [3.63, 3.8) is 0 Å². The molecule has 2 heterocycles. The normalized spacial score (nSPS) is 18.5. The van der Waals surface area contributed by atoms with Crippen LogP contribution < -0.4 is 4.90 Å². The minimum absolute atomic E-state index is 0.0821. The third-order valence-electron chi connectivity index (χ3n) is 5.94. The predicted molar refractivity (Wildman–Crippen MR) is 110 cm³/mol. The molecular weight excluding hydrogens is 354 g/mol. The van der Waals surface area contributed by atoms with Crippen molar-refractivity contribution < 1.29 is 4.92 Å². The molecule has 0 bridgehead atoms. The van der Waals surface area contributed by atoms with Crippen LogP contribution in [0.25, 0.3) is 11.4 Å². The summed E-state index contributed by atoms with van der Waals surface area (Å²) in [6.45, 7) is 6.22. The maximum Gasteiger partial charge on any atom is 0.269 e. The monoisotopic (exact) mass is 381 g/mol. The molecule has 1 aromatic carbocycles. The van der Waals surface area contributed by atoms with Crippen LogP contribution in [0.1, 0.15) is 38.3 Å². The third kappa shape index (κ3) is 3.99. The Bertz CT molecular complexity index is 825. The van der Waals surface area contributed by atoms with Crippen LogP contribution in [0.2, 0.25) is 0 Å². The summed E-state index contributed by atoms with van der Waals surface area (Å²) in [5, 5.41) is 10.9. The van der Waals surface area contributed by atoms with E-state index in [1.54, 1.807) is 12.1 Å². The van der Waals surface area contributed by atoms with E-state index in [1.165, 1.54) is 37.8 Å². The standard InChI is InChI=1S/C21H27N5O2/c1-2-17-15-20(25-13-11-24(12-14-25)18-5-3-4-6-18)23-21(22-17)16-7-9-19(10-8-16)26(27)28/h7-10,15,18H,2-6,11-14H2,1H3. The van der Waals surface area contributed by atoms with Gasteiger partial charge in [-0.2, -0.15) is 0 Å². The number of hydrogen-bond acceptors (Lipinski definition) is 6. The van der Waals surface area contributed by atoms with E-state index in [-0.39, 0.29) is 10.6 Å². The Kier molecular flexibility index (Phi) is 5.52. The first-order valence-corrected chi connectivity index (χ1v) is 10.3. The molecule has 1 aliphatic heterocycles. The SMILES string of the molecule is CCc1cc(N2CCN(C3CCCC3)CC2)nc(-c2ccc([N+](=O)[O-])cc2)n1. The second-order valence-corrected chi connectivity index (χ2v) is 7.66. The van der Waals surface area contributed by atoms with Crippen molar-refractivity contribution in [1.82, 2.24) is 14.9 Å². The summed E-state index contributed by atoms with van der Waals surface area (Å²) in [4.78, 5) is 24.9. The molecule has 0 atom stereocenters. The molecule has 7 nitrogen and oxygen atoms in total. The Balaban J connectivity index is 1.53. The molecule has 1 saturated heterocycles. The predicted octanol–water partition coefficient (Wildman–Crippen LogP) is 3.68. The summed E-state index contributed by atoms with van der Waals surface area (Å²) in [6, 6.07) is 9.34. The van der Waals surface area contributed by atoms with Crippen LogP contribution in [-0.2, 0) is 6.42 Å². The second-order valence-electron chi connectivity index (χ2n) is 7.66. The lowest BCUT2D eigenvalue weighted by Crippen LogP contribution is -2.50. The Morgan fingerprint density at radius 2 is 1.75 bits per heavy atom. The Hall–Kier alpha value is -2.54. The number of aromatic nitrogens is 2. The summed E-state index contributed by atoms with van der Waals surface area (Å²) in [5.74, 6) is 1.61. The molecule has 2 fully saturated rings. The van der Waals surface area contributed by atoms with Gasteiger partial charge in [-0.1, -0.05) is 19.8 Å². The molecule has 0 amide bonds. The first-order valence-electron chi connectivity index (χ1n) is 10.3. The largest absolute Gasteiger partial charge is 0.354 e. The topological polar surface area (TPSA) is 75.4 Å². The van der Waals surface area contributed by atoms with E-state index in [4.69, 9.17) is 4.98 Å². The van der Waals surface area contributed by atoms with Crippen molar-refractivity contribution in [2.24, 2.45) is 0 Å². The summed E-state index contributed by atoms with van der Waals surface area (Å²) in [6.07, 6.45) is 6.26. The van der Waals surface area contributed by atoms with E-state index < -0.39 is 0 Å². The van der Waals surface area contributed by atoms with Gasteiger partial charge in [-0.05, 0) is 31.4 Å². The number of hydrogen-bond donors (Lipinski definition) is 0. The zero-order chi connectivity index (χ0) is 19.5. The number of nitrogens with zero attached hydrogens (tertiary/aromatic N) is 5. The molecule has 4 rings (SSSR count). The lowest BCUT2D eigenvalue weighted by atomic mass is 10.1. The van der Waals surface area contributed by atoms with Crippen molar-refractivity contribution in [3.05, 3.63) is 46.1 Å². The molecule has 28 heavy (non-hydrogen) atoms. The van der Waals surface area contributed by atoms with Gasteiger partial charge in [-0.3, -0.25) is 15.0 Å². The van der Waals surface area contributed by atoms with Gasteiger partial charge in [0, 0.05) is 61.7 Å². The highest BCUT2D eigenvalue weighted by atomic mass is 16.6. The second kappa shape index (κ2) is 8.22. The van der Waals surface area contributed by atoms with Gasteiger partial charge < -0.3 is 4.90 Å². The molecule has 2 aliphatic rings. The van der Waals surface area contributed by atoms with Crippen LogP contribution in [0.4, 0.5) is 11.5 Å². The molecule has 0 unspecified atom stereocenters. The number of nitro benzene ring substituents is 1. The fourth-order valence-corrected chi connectivity index (χ4v) is 4.27. The van der Waals surface area contributed by atoms with E-state index in [9.17, 15) is 10.1 Å². The maximum absolute atomic E-state index is 10.9. The Labute approximate surface area is 165 Å². The van der Waals surface area contributed by atoms with Gasteiger partial charge in [0.05, 0.1) is 4.92 Å². The summed E-state index contributed by atoms with van der Waals surface area (Å²) < 4.78 is 0. The highest BCUT2D eigenvalue weighted by molar-refractivity contribution is 5.60. The summed E-state index contributed by atoms with van der Waals surface area (Å²) in [5.41, 5.74) is 1.89. The van der Waals surface area contributed by atoms with Crippen molar-refractivity contribution in [2.45, 2.75) is 45.1 Å². The number of anilines is 1. The Morgan fingerprint density at radius 3 is 2.36 bits per heavy atom. The van der Waals surface area contributed by atoms with Crippen molar-refractivity contribution >= 4 is 11.5 Å². The fourth-order valence-electron chi connectivity index (χ4n) is 4.27. The van der Waals surface area contributed by atoms with E-state index in [2.05, 4.69) is 27.8 Å². The van der Waals surface area contributed by atoms with Crippen molar-refractivity contribution in [2.75, 3.05) is 31.1 Å². The molecule has 1 aliphatic carbocycles. The summed E-state index contributed by atoms with van der Waals surface area (Å²) in [7, 11) is 0. The maximum atomic E-state index is 10.9. The van der Waals surface area contributed by atoms with Crippen LogP contribution in [0.3, 0.4) is 0 Å². The molecular formula is C21H27N5O2. The lowest BCUT2D eigenvalue weighted by molar-refractivity contribution is -0.384.